The number of nitrogens with zero attached hydrogens (tertiary/aromatic N) is 1. The van der Waals surface area contributed by atoms with Gasteiger partial charge in [0.25, 0.3) is 0 Å². The van der Waals surface area contributed by atoms with E-state index in [0.717, 1.165) is 44.6 Å². The van der Waals surface area contributed by atoms with Crippen molar-refractivity contribution in [1.82, 2.24) is 4.90 Å². The van der Waals surface area contributed by atoms with E-state index < -0.39 is 5.97 Å². The highest BCUT2D eigenvalue weighted by atomic mass is 16.4. The smallest absolute Gasteiger partial charge is 0.317 e. The molecule has 2 unspecified atom stereocenters. The van der Waals surface area contributed by atoms with Gasteiger partial charge in [-0.05, 0) is 31.7 Å². The van der Waals surface area contributed by atoms with Gasteiger partial charge in [-0.3, -0.25) is 9.69 Å². The molecule has 0 aromatic rings. The van der Waals surface area contributed by atoms with Crippen LogP contribution in [-0.4, -0.2) is 61.8 Å². The highest BCUT2D eigenvalue weighted by Gasteiger charge is 2.29. The maximum absolute atomic E-state index is 10.6. The summed E-state index contributed by atoms with van der Waals surface area (Å²) in [4.78, 5) is 14.3. The minimum atomic E-state index is -0.708. The summed E-state index contributed by atoms with van der Waals surface area (Å²) in [6, 6.07) is 0. The third-order valence-electron chi connectivity index (χ3n) is 4.48. The molecular formula is C13H26N3O2+. The minimum Gasteiger partial charge on any atom is -0.480 e. The van der Waals surface area contributed by atoms with Gasteiger partial charge in [0.1, 0.15) is 0 Å². The van der Waals surface area contributed by atoms with Crippen LogP contribution in [0.15, 0.2) is 0 Å². The number of carbonyl (C=O) groups is 1. The van der Waals surface area contributed by atoms with Gasteiger partial charge < -0.3 is 15.7 Å². The average Bonchev–Trinajstić information content (AvgIpc) is 2.79. The highest BCUT2D eigenvalue weighted by Crippen LogP contribution is 2.28. The molecule has 0 aromatic heterocycles. The van der Waals surface area contributed by atoms with Crippen LogP contribution in [0.4, 0.5) is 0 Å². The molecule has 1 aliphatic carbocycles. The number of hydrogen-bond acceptors (Lipinski definition) is 3. The van der Waals surface area contributed by atoms with Gasteiger partial charge in [0, 0.05) is 19.0 Å². The van der Waals surface area contributed by atoms with E-state index in [0.29, 0.717) is 0 Å². The van der Waals surface area contributed by atoms with Crippen LogP contribution in [0.3, 0.4) is 0 Å². The molecule has 5 nitrogen and oxygen atoms in total. The van der Waals surface area contributed by atoms with E-state index in [1.807, 2.05) is 4.90 Å². The molecule has 2 atom stereocenters. The first-order chi connectivity index (χ1) is 8.67. The lowest BCUT2D eigenvalue weighted by atomic mass is 10.0. The zero-order chi connectivity index (χ0) is 13.0. The van der Waals surface area contributed by atoms with Gasteiger partial charge in [-0.15, -0.1) is 0 Å². The molecule has 0 radical (unpaired) electrons. The van der Waals surface area contributed by atoms with Gasteiger partial charge in [0.15, 0.2) is 0 Å². The molecule has 1 saturated carbocycles. The number of carboxylic acid groups (broad SMARTS) is 1. The summed E-state index contributed by atoms with van der Waals surface area (Å²) in [7, 11) is 0. The van der Waals surface area contributed by atoms with Crippen LogP contribution in [0.5, 0.6) is 0 Å². The number of rotatable bonds is 5. The molecule has 0 spiro atoms. The van der Waals surface area contributed by atoms with Crippen LogP contribution in [0.2, 0.25) is 0 Å². The Morgan fingerprint density at radius 2 is 1.94 bits per heavy atom. The number of nitrogens with two attached hydrogens (primary N) is 1. The Balaban J connectivity index is 1.66. The summed E-state index contributed by atoms with van der Waals surface area (Å²) >= 11 is 0. The second kappa shape index (κ2) is 6.50. The summed E-state index contributed by atoms with van der Waals surface area (Å²) in [5.74, 6) is 0.891. The zero-order valence-corrected chi connectivity index (χ0v) is 11.1. The Bertz CT molecular complexity index is 277. The fourth-order valence-corrected chi connectivity index (χ4v) is 3.41. The first-order valence-electron chi connectivity index (χ1n) is 7.15. The third kappa shape index (κ3) is 3.93. The number of nitrogens with one attached hydrogen (secondary N) is 1. The summed E-state index contributed by atoms with van der Waals surface area (Å²) in [5, 5.41) is 8.76. The lowest BCUT2D eigenvalue weighted by molar-refractivity contribution is -0.907. The van der Waals surface area contributed by atoms with E-state index in [-0.39, 0.29) is 6.54 Å². The molecule has 2 fully saturated rings. The molecule has 2 aliphatic rings. The van der Waals surface area contributed by atoms with E-state index in [4.69, 9.17) is 10.8 Å². The highest BCUT2D eigenvalue weighted by molar-refractivity contribution is 5.69. The Morgan fingerprint density at radius 3 is 2.50 bits per heavy atom. The summed E-state index contributed by atoms with van der Waals surface area (Å²) in [6.07, 6.45) is 3.95. The molecule has 0 bridgehead atoms. The largest absolute Gasteiger partial charge is 0.480 e. The number of hydrogen-bond donors (Lipinski definition) is 3. The Hall–Kier alpha value is -0.650. The van der Waals surface area contributed by atoms with Crippen molar-refractivity contribution in [3.63, 3.8) is 0 Å². The number of aliphatic carboxylic acids is 1. The fraction of sp³-hybridized carbons (Fsp3) is 0.923. The predicted octanol–water partition coefficient (Wildman–Crippen LogP) is -1.35. The van der Waals surface area contributed by atoms with Crippen molar-refractivity contribution in [1.29, 1.82) is 0 Å². The quantitative estimate of drug-likeness (QED) is 0.568. The second-order valence-electron chi connectivity index (χ2n) is 5.90. The van der Waals surface area contributed by atoms with Gasteiger partial charge in [-0.25, -0.2) is 0 Å². The molecule has 18 heavy (non-hydrogen) atoms. The van der Waals surface area contributed by atoms with Crippen molar-refractivity contribution in [3.8, 4) is 0 Å². The summed E-state index contributed by atoms with van der Waals surface area (Å²) < 4.78 is 0. The zero-order valence-electron chi connectivity index (χ0n) is 11.1. The maximum atomic E-state index is 10.6. The molecular weight excluding hydrogens is 230 g/mol. The van der Waals surface area contributed by atoms with Crippen LogP contribution < -0.4 is 10.6 Å². The van der Waals surface area contributed by atoms with Crippen LogP contribution in [0, 0.1) is 11.8 Å². The number of carboxylic acids is 1. The maximum Gasteiger partial charge on any atom is 0.317 e. The molecule has 104 valence electrons. The van der Waals surface area contributed by atoms with Crippen LogP contribution in [0.25, 0.3) is 0 Å². The predicted molar refractivity (Wildman–Crippen MR) is 69.5 cm³/mol. The molecule has 4 N–H and O–H groups in total. The first-order valence-corrected chi connectivity index (χ1v) is 7.15. The second-order valence-corrected chi connectivity index (χ2v) is 5.90. The SMILES string of the molecule is NCC1CCC(C[NH+]2CCN(CC(=O)O)CC2)C1. The van der Waals surface area contributed by atoms with Gasteiger partial charge >= 0.3 is 5.97 Å². The van der Waals surface area contributed by atoms with Crippen molar-refractivity contribution in [2.24, 2.45) is 17.6 Å². The normalized spacial score (nSPS) is 30.7. The van der Waals surface area contributed by atoms with Crippen molar-refractivity contribution in [3.05, 3.63) is 0 Å². The summed E-state index contributed by atoms with van der Waals surface area (Å²) in [5.41, 5.74) is 5.72. The van der Waals surface area contributed by atoms with Crippen molar-refractivity contribution in [2.75, 3.05) is 45.8 Å². The summed E-state index contributed by atoms with van der Waals surface area (Å²) in [6.45, 7) is 6.35. The van der Waals surface area contributed by atoms with Gasteiger partial charge in [-0.2, -0.15) is 0 Å². The molecule has 2 rings (SSSR count). The van der Waals surface area contributed by atoms with Gasteiger partial charge in [0.05, 0.1) is 26.2 Å². The Labute approximate surface area is 109 Å². The van der Waals surface area contributed by atoms with E-state index in [1.54, 1.807) is 4.90 Å². The van der Waals surface area contributed by atoms with Crippen molar-refractivity contribution in [2.45, 2.75) is 19.3 Å². The molecule has 0 aromatic carbocycles. The number of piperazine rings is 1. The van der Waals surface area contributed by atoms with Crippen LogP contribution >= 0.6 is 0 Å². The molecule has 1 heterocycles. The van der Waals surface area contributed by atoms with Gasteiger partial charge in [-0.1, -0.05) is 0 Å². The lowest BCUT2D eigenvalue weighted by Crippen LogP contribution is -3.15. The lowest BCUT2D eigenvalue weighted by Gasteiger charge is -2.32. The Kier molecular flexibility index (Phi) is 4.97. The Morgan fingerprint density at radius 1 is 1.28 bits per heavy atom. The monoisotopic (exact) mass is 256 g/mol. The van der Waals surface area contributed by atoms with E-state index in [9.17, 15) is 4.79 Å². The van der Waals surface area contributed by atoms with Crippen LogP contribution in [-0.2, 0) is 4.79 Å². The average molecular weight is 256 g/mol. The van der Waals surface area contributed by atoms with E-state index in [2.05, 4.69) is 0 Å². The fourth-order valence-electron chi connectivity index (χ4n) is 3.41. The van der Waals surface area contributed by atoms with E-state index >= 15 is 0 Å². The molecule has 5 heteroatoms. The van der Waals surface area contributed by atoms with E-state index in [1.165, 1.54) is 25.8 Å². The van der Waals surface area contributed by atoms with Gasteiger partial charge in [0.2, 0.25) is 0 Å². The number of quaternary nitrogens is 1. The molecule has 1 aliphatic heterocycles. The standard InChI is InChI=1S/C13H25N3O2/c14-8-11-1-2-12(7-11)9-15-3-5-16(6-4-15)10-13(17)18/h11-12H,1-10,14H2,(H,17,18)/p+1. The van der Waals surface area contributed by atoms with Crippen LogP contribution in [0.1, 0.15) is 19.3 Å². The van der Waals surface area contributed by atoms with Crippen molar-refractivity contribution >= 4 is 5.97 Å². The topological polar surface area (TPSA) is 71.0 Å². The molecule has 0 amide bonds. The first kappa shape index (κ1) is 13.8. The molecule has 1 saturated heterocycles. The third-order valence-corrected chi connectivity index (χ3v) is 4.48. The minimum absolute atomic E-state index is 0.200. The van der Waals surface area contributed by atoms with Crippen molar-refractivity contribution < 1.29 is 14.8 Å².